The van der Waals surface area contributed by atoms with Crippen LogP contribution in [0.5, 0.6) is 0 Å². The Morgan fingerprint density at radius 1 is 0.968 bits per heavy atom. The first-order valence-corrected chi connectivity index (χ1v) is 11.4. The molecule has 1 amide bonds. The summed E-state index contributed by atoms with van der Waals surface area (Å²) in [5.41, 5.74) is 4.77. The fourth-order valence-corrected chi connectivity index (χ4v) is 5.04. The molecule has 0 fully saturated rings. The first-order valence-electron chi connectivity index (χ1n) is 10.5. The number of benzene rings is 2. The number of carboxylic acids is 1. The summed E-state index contributed by atoms with van der Waals surface area (Å²) in [5, 5.41) is 14.1. The van der Waals surface area contributed by atoms with Crippen molar-refractivity contribution in [1.29, 1.82) is 0 Å². The minimum atomic E-state index is -0.799. The summed E-state index contributed by atoms with van der Waals surface area (Å²) in [4.78, 5) is 24.5. The van der Waals surface area contributed by atoms with Gasteiger partial charge >= 0.3 is 12.1 Å². The first kappa shape index (κ1) is 21.1. The molecular formula is C25H25NO4S. The van der Waals surface area contributed by atoms with Gasteiger partial charge in [0, 0.05) is 17.3 Å². The number of nitrogens with one attached hydrogen (secondary N) is 1. The summed E-state index contributed by atoms with van der Waals surface area (Å²) >= 11 is 1.47. The number of aliphatic carboxylic acids is 1. The molecule has 4 rings (SSSR count). The molecule has 5 nitrogen and oxygen atoms in total. The Morgan fingerprint density at radius 3 is 2.26 bits per heavy atom. The van der Waals surface area contributed by atoms with Gasteiger partial charge in [0.05, 0.1) is 5.92 Å². The molecule has 1 aromatic heterocycles. The molecule has 0 spiro atoms. The van der Waals surface area contributed by atoms with Crippen LogP contribution in [0.25, 0.3) is 11.1 Å². The molecule has 1 aliphatic rings. The van der Waals surface area contributed by atoms with Gasteiger partial charge in [0.2, 0.25) is 0 Å². The van der Waals surface area contributed by atoms with Crippen molar-refractivity contribution < 1.29 is 19.4 Å². The number of carbonyl (C=O) groups is 2. The van der Waals surface area contributed by atoms with Crippen molar-refractivity contribution in [1.82, 2.24) is 5.32 Å². The third-order valence-electron chi connectivity index (χ3n) is 5.72. The molecule has 1 unspecified atom stereocenters. The number of carbonyl (C=O) groups excluding carboxylic acids is 1. The van der Waals surface area contributed by atoms with Crippen molar-refractivity contribution in [3.05, 3.63) is 82.0 Å². The topological polar surface area (TPSA) is 75.6 Å². The van der Waals surface area contributed by atoms with E-state index in [-0.39, 0.29) is 5.92 Å². The van der Waals surface area contributed by atoms with Crippen LogP contribution in [-0.2, 0) is 9.53 Å². The number of thiophene rings is 1. The van der Waals surface area contributed by atoms with Gasteiger partial charge < -0.3 is 15.2 Å². The van der Waals surface area contributed by atoms with Crippen LogP contribution in [0, 0.1) is 0 Å². The maximum atomic E-state index is 12.2. The maximum Gasteiger partial charge on any atom is 0.407 e. The van der Waals surface area contributed by atoms with Crippen LogP contribution in [0.1, 0.15) is 47.1 Å². The Morgan fingerprint density at radius 2 is 1.65 bits per heavy atom. The summed E-state index contributed by atoms with van der Waals surface area (Å²) in [6.07, 6.45) is 1.55. The minimum absolute atomic E-state index is 0.0419. The van der Waals surface area contributed by atoms with Crippen LogP contribution < -0.4 is 5.32 Å². The quantitative estimate of drug-likeness (QED) is 0.428. The number of ether oxygens (including phenoxy) is 1. The van der Waals surface area contributed by atoms with Crippen LogP contribution in [0.15, 0.2) is 66.0 Å². The van der Waals surface area contributed by atoms with Crippen LogP contribution in [0.3, 0.4) is 0 Å². The number of carboxylic acid groups (broad SMARTS) is 1. The summed E-state index contributed by atoms with van der Waals surface area (Å²) < 4.78 is 5.52. The van der Waals surface area contributed by atoms with Gasteiger partial charge in [0.1, 0.15) is 6.61 Å². The normalized spacial score (nSPS) is 13.3. The average Bonchev–Trinajstić information content (AvgIpc) is 3.41. The van der Waals surface area contributed by atoms with Gasteiger partial charge in [-0.3, -0.25) is 4.79 Å². The van der Waals surface area contributed by atoms with Crippen LogP contribution in [-0.4, -0.2) is 30.3 Å². The Balaban J connectivity index is 1.23. The second kappa shape index (κ2) is 9.79. The fourth-order valence-electron chi connectivity index (χ4n) is 4.19. The molecule has 0 radical (unpaired) electrons. The lowest BCUT2D eigenvalue weighted by molar-refractivity contribution is -0.138. The Hall–Kier alpha value is -3.12. The van der Waals surface area contributed by atoms with E-state index in [0.717, 1.165) is 11.3 Å². The molecular weight excluding hydrogens is 410 g/mol. The molecule has 0 saturated heterocycles. The van der Waals surface area contributed by atoms with Crippen LogP contribution in [0.2, 0.25) is 0 Å². The van der Waals surface area contributed by atoms with Crippen molar-refractivity contribution in [2.24, 2.45) is 0 Å². The van der Waals surface area contributed by atoms with E-state index in [2.05, 4.69) is 29.6 Å². The highest BCUT2D eigenvalue weighted by molar-refractivity contribution is 7.10. The van der Waals surface area contributed by atoms with E-state index in [4.69, 9.17) is 4.74 Å². The summed E-state index contributed by atoms with van der Waals surface area (Å²) in [6.45, 7) is 0.757. The molecule has 0 saturated carbocycles. The van der Waals surface area contributed by atoms with Gasteiger partial charge in [0.25, 0.3) is 0 Å². The molecule has 0 aliphatic heterocycles. The molecule has 6 heteroatoms. The van der Waals surface area contributed by atoms with Gasteiger partial charge in [-0.05, 0) is 46.5 Å². The van der Waals surface area contributed by atoms with Crippen molar-refractivity contribution in [2.45, 2.75) is 31.1 Å². The Bertz CT molecular complexity index is 1000. The van der Waals surface area contributed by atoms with Gasteiger partial charge in [-0.25, -0.2) is 4.79 Å². The molecule has 2 aromatic carbocycles. The molecule has 0 bridgehead atoms. The van der Waals surface area contributed by atoms with Crippen LogP contribution >= 0.6 is 11.3 Å². The molecule has 3 aromatic rings. The summed E-state index contributed by atoms with van der Waals surface area (Å²) in [7, 11) is 0. The van der Waals surface area contributed by atoms with E-state index in [1.165, 1.54) is 33.6 Å². The lowest BCUT2D eigenvalue weighted by atomic mass is 9.98. The minimum Gasteiger partial charge on any atom is -0.481 e. The van der Waals surface area contributed by atoms with Gasteiger partial charge in [0.15, 0.2) is 0 Å². The Kier molecular flexibility index (Phi) is 6.67. The molecule has 31 heavy (non-hydrogen) atoms. The fraction of sp³-hybridized carbons (Fsp3) is 0.280. The molecule has 1 atom stereocenters. The number of hydrogen-bond donors (Lipinski definition) is 2. The van der Waals surface area contributed by atoms with Crippen molar-refractivity contribution in [3.8, 4) is 11.1 Å². The zero-order chi connectivity index (χ0) is 21.6. The van der Waals surface area contributed by atoms with Gasteiger partial charge in [-0.2, -0.15) is 0 Å². The zero-order valence-corrected chi connectivity index (χ0v) is 17.9. The second-order valence-electron chi connectivity index (χ2n) is 7.65. The number of rotatable bonds is 9. The number of fused-ring (bicyclic) bond motifs is 3. The van der Waals surface area contributed by atoms with E-state index >= 15 is 0 Å². The van der Waals surface area contributed by atoms with Crippen molar-refractivity contribution in [2.75, 3.05) is 13.2 Å². The van der Waals surface area contributed by atoms with E-state index in [0.29, 0.717) is 26.0 Å². The third kappa shape index (κ3) is 4.80. The predicted octanol–water partition coefficient (Wildman–Crippen LogP) is 5.63. The molecule has 160 valence electrons. The van der Waals surface area contributed by atoms with Gasteiger partial charge in [-0.15, -0.1) is 11.3 Å². The number of hydrogen-bond acceptors (Lipinski definition) is 4. The molecule has 1 heterocycles. The van der Waals surface area contributed by atoms with Crippen LogP contribution in [0.4, 0.5) is 4.79 Å². The summed E-state index contributed by atoms with van der Waals surface area (Å²) in [5.74, 6) is -1.23. The first-order chi connectivity index (χ1) is 15.1. The van der Waals surface area contributed by atoms with E-state index in [1.807, 2.05) is 41.8 Å². The lowest BCUT2D eigenvalue weighted by Crippen LogP contribution is -2.27. The van der Waals surface area contributed by atoms with Gasteiger partial charge in [-0.1, -0.05) is 61.0 Å². The highest BCUT2D eigenvalue weighted by atomic mass is 32.1. The van der Waals surface area contributed by atoms with E-state index < -0.39 is 18.0 Å². The summed E-state index contributed by atoms with van der Waals surface area (Å²) in [6, 6.07) is 20.2. The number of alkyl carbamates (subject to hydrolysis) is 1. The third-order valence-corrected chi connectivity index (χ3v) is 6.70. The number of amides is 1. The lowest BCUT2D eigenvalue weighted by Gasteiger charge is -2.15. The van der Waals surface area contributed by atoms with E-state index in [1.54, 1.807) is 0 Å². The van der Waals surface area contributed by atoms with E-state index in [9.17, 15) is 14.7 Å². The highest BCUT2D eigenvalue weighted by Gasteiger charge is 2.29. The largest absolute Gasteiger partial charge is 0.481 e. The van der Waals surface area contributed by atoms with Crippen molar-refractivity contribution in [3.63, 3.8) is 0 Å². The smallest absolute Gasteiger partial charge is 0.407 e. The Labute approximate surface area is 185 Å². The highest BCUT2D eigenvalue weighted by Crippen LogP contribution is 2.44. The number of unbranched alkanes of at least 4 members (excludes halogenated alkanes) is 1. The second-order valence-corrected chi connectivity index (χ2v) is 8.63. The average molecular weight is 436 g/mol. The molecule has 2 N–H and O–H groups in total. The van der Waals surface area contributed by atoms with Crippen molar-refractivity contribution >= 4 is 23.4 Å². The zero-order valence-electron chi connectivity index (χ0n) is 17.1. The SMILES string of the molecule is O=C(NCCCCC(C(=O)O)c1cccs1)OCC1c2ccccc2-c2ccccc21. The predicted molar refractivity (Wildman–Crippen MR) is 122 cm³/mol. The molecule has 1 aliphatic carbocycles. The standard InChI is InChI=1S/C25H25NO4S/c27-24(28)21(23-13-7-15-31-23)12-5-6-14-26-25(29)30-16-22-19-10-3-1-8-17(19)18-9-2-4-11-20(18)22/h1-4,7-11,13,15,21-22H,5-6,12,14,16H2,(H,26,29)(H,27,28). The maximum absolute atomic E-state index is 12.2. The monoisotopic (exact) mass is 435 g/mol.